The van der Waals surface area contributed by atoms with Crippen LogP contribution in [0, 0.1) is 5.41 Å². The van der Waals surface area contributed by atoms with Gasteiger partial charge in [-0.05, 0) is 24.7 Å². The highest BCUT2D eigenvalue weighted by Gasteiger charge is 2.48. The van der Waals surface area contributed by atoms with Crippen LogP contribution in [-0.4, -0.2) is 36.9 Å². The number of halogens is 1. The van der Waals surface area contributed by atoms with Crippen molar-refractivity contribution in [1.29, 1.82) is 0 Å². The highest BCUT2D eigenvalue weighted by Crippen LogP contribution is 2.51. The molecule has 1 saturated heterocycles. The molecule has 0 amide bonds. The van der Waals surface area contributed by atoms with E-state index in [2.05, 4.69) is 15.2 Å². The van der Waals surface area contributed by atoms with Gasteiger partial charge in [0, 0.05) is 31.5 Å². The van der Waals surface area contributed by atoms with Crippen LogP contribution in [0.15, 0.2) is 16.2 Å². The van der Waals surface area contributed by atoms with Gasteiger partial charge in [0.2, 0.25) is 0 Å². The highest BCUT2D eigenvalue weighted by molar-refractivity contribution is 6.39. The van der Waals surface area contributed by atoms with Crippen LogP contribution in [0.1, 0.15) is 19.3 Å². The van der Waals surface area contributed by atoms with E-state index in [9.17, 15) is 0 Å². The largest absolute Gasteiger partial charge is 0.355 e. The molecule has 0 aromatic heterocycles. The standard InChI is InChI=1S/C11H16ClN3/c12-9-4-13-8-15(5-9)6-10-3-11(1-2-11)7-14-10/h4-5,10,14H,1-3,6-8H2/t10-/m0/s1. The number of allylic oxidation sites excluding steroid dienone is 1. The summed E-state index contributed by atoms with van der Waals surface area (Å²) in [6.45, 7) is 3.00. The zero-order valence-corrected chi connectivity index (χ0v) is 9.50. The van der Waals surface area contributed by atoms with E-state index in [0.717, 1.165) is 18.2 Å². The Morgan fingerprint density at radius 1 is 1.60 bits per heavy atom. The molecule has 2 fully saturated rings. The predicted octanol–water partition coefficient (Wildman–Crippen LogP) is 1.55. The third kappa shape index (κ3) is 2.04. The molecule has 0 aromatic rings. The molecule has 2 aliphatic heterocycles. The van der Waals surface area contributed by atoms with Crippen molar-refractivity contribution in [3.05, 3.63) is 11.2 Å². The summed E-state index contributed by atoms with van der Waals surface area (Å²) in [5.41, 5.74) is 0.678. The van der Waals surface area contributed by atoms with Crippen molar-refractivity contribution in [3.8, 4) is 0 Å². The van der Waals surface area contributed by atoms with Crippen molar-refractivity contribution in [2.75, 3.05) is 19.8 Å². The van der Waals surface area contributed by atoms with Gasteiger partial charge in [0.05, 0.1) is 5.03 Å². The van der Waals surface area contributed by atoms with Crippen LogP contribution in [0.5, 0.6) is 0 Å². The van der Waals surface area contributed by atoms with E-state index >= 15 is 0 Å². The lowest BCUT2D eigenvalue weighted by Gasteiger charge is -2.24. The van der Waals surface area contributed by atoms with Crippen molar-refractivity contribution in [2.45, 2.75) is 25.3 Å². The minimum absolute atomic E-state index is 0.626. The van der Waals surface area contributed by atoms with Crippen LogP contribution in [0.3, 0.4) is 0 Å². The average molecular weight is 226 g/mol. The molecule has 1 N–H and O–H groups in total. The number of rotatable bonds is 2. The molecule has 0 radical (unpaired) electrons. The summed E-state index contributed by atoms with van der Waals surface area (Å²) >= 11 is 5.91. The van der Waals surface area contributed by atoms with Crippen molar-refractivity contribution in [3.63, 3.8) is 0 Å². The molecule has 1 aliphatic carbocycles. The summed E-state index contributed by atoms with van der Waals surface area (Å²) in [7, 11) is 0. The van der Waals surface area contributed by atoms with Crippen molar-refractivity contribution >= 4 is 17.8 Å². The first kappa shape index (κ1) is 9.67. The van der Waals surface area contributed by atoms with E-state index in [1.807, 2.05) is 6.20 Å². The molecule has 3 aliphatic rings. The van der Waals surface area contributed by atoms with E-state index in [0.29, 0.717) is 11.5 Å². The first-order valence-corrected chi connectivity index (χ1v) is 5.98. The van der Waals surface area contributed by atoms with E-state index in [-0.39, 0.29) is 0 Å². The zero-order valence-electron chi connectivity index (χ0n) is 8.75. The van der Waals surface area contributed by atoms with Crippen LogP contribution in [0.2, 0.25) is 0 Å². The first-order chi connectivity index (χ1) is 7.26. The smallest absolute Gasteiger partial charge is 0.109 e. The number of aliphatic imine (C=N–C) groups is 1. The topological polar surface area (TPSA) is 27.6 Å². The maximum atomic E-state index is 5.91. The predicted molar refractivity (Wildman–Crippen MR) is 62.1 cm³/mol. The van der Waals surface area contributed by atoms with Gasteiger partial charge in [-0.15, -0.1) is 0 Å². The van der Waals surface area contributed by atoms with Gasteiger partial charge in [-0.1, -0.05) is 11.6 Å². The van der Waals surface area contributed by atoms with E-state index in [1.54, 1.807) is 6.21 Å². The van der Waals surface area contributed by atoms with E-state index in [4.69, 9.17) is 11.6 Å². The third-order valence-corrected chi connectivity index (χ3v) is 3.84. The molecular weight excluding hydrogens is 210 g/mol. The maximum absolute atomic E-state index is 5.91. The maximum Gasteiger partial charge on any atom is 0.109 e. The van der Waals surface area contributed by atoms with Crippen LogP contribution < -0.4 is 5.32 Å². The Balaban J connectivity index is 1.55. The highest BCUT2D eigenvalue weighted by atomic mass is 35.5. The fraction of sp³-hybridized carbons (Fsp3) is 0.727. The quantitative estimate of drug-likeness (QED) is 0.773. The Kier molecular flexibility index (Phi) is 2.25. The second-order valence-corrected chi connectivity index (χ2v) is 5.46. The molecule has 3 nitrogen and oxygen atoms in total. The number of hydrogen-bond acceptors (Lipinski definition) is 3. The minimum atomic E-state index is 0.626. The number of nitrogens with zero attached hydrogens (tertiary/aromatic N) is 2. The second kappa shape index (κ2) is 3.49. The van der Waals surface area contributed by atoms with Gasteiger partial charge in [-0.2, -0.15) is 0 Å². The molecule has 1 saturated carbocycles. The summed E-state index contributed by atoms with van der Waals surface area (Å²) in [5.74, 6) is 0. The molecule has 0 bridgehead atoms. The molecule has 2 heterocycles. The summed E-state index contributed by atoms with van der Waals surface area (Å²) in [5, 5.41) is 4.34. The van der Waals surface area contributed by atoms with Crippen LogP contribution >= 0.6 is 11.6 Å². The second-order valence-electron chi connectivity index (χ2n) is 5.02. The molecule has 0 unspecified atom stereocenters. The molecule has 15 heavy (non-hydrogen) atoms. The van der Waals surface area contributed by atoms with Gasteiger partial charge in [0.1, 0.15) is 6.67 Å². The number of hydrogen-bond donors (Lipinski definition) is 1. The van der Waals surface area contributed by atoms with Gasteiger partial charge >= 0.3 is 0 Å². The van der Waals surface area contributed by atoms with Gasteiger partial charge in [-0.25, -0.2) is 0 Å². The molecule has 0 aromatic carbocycles. The van der Waals surface area contributed by atoms with Gasteiger partial charge in [0.15, 0.2) is 0 Å². The van der Waals surface area contributed by atoms with E-state index < -0.39 is 0 Å². The average Bonchev–Trinajstić information content (AvgIpc) is 2.83. The Morgan fingerprint density at radius 3 is 3.13 bits per heavy atom. The summed E-state index contributed by atoms with van der Waals surface area (Å²) in [4.78, 5) is 6.40. The lowest BCUT2D eigenvalue weighted by Crippen LogP contribution is -2.35. The van der Waals surface area contributed by atoms with Crippen molar-refractivity contribution in [2.24, 2.45) is 10.4 Å². The molecule has 3 rings (SSSR count). The fourth-order valence-electron chi connectivity index (χ4n) is 2.59. The Hall–Kier alpha value is -0.540. The lowest BCUT2D eigenvalue weighted by atomic mass is 10.0. The summed E-state index contributed by atoms with van der Waals surface area (Å²) in [6, 6.07) is 0.626. The van der Waals surface area contributed by atoms with E-state index in [1.165, 1.54) is 25.8 Å². The van der Waals surface area contributed by atoms with Gasteiger partial charge in [0.25, 0.3) is 0 Å². The summed E-state index contributed by atoms with van der Waals surface area (Å²) in [6.07, 6.45) is 7.89. The molecule has 1 atom stereocenters. The molecular formula is C11H16ClN3. The third-order valence-electron chi connectivity index (χ3n) is 3.64. The van der Waals surface area contributed by atoms with Gasteiger partial charge in [-0.3, -0.25) is 4.99 Å². The molecule has 82 valence electrons. The van der Waals surface area contributed by atoms with Crippen LogP contribution in [-0.2, 0) is 0 Å². The van der Waals surface area contributed by atoms with Crippen molar-refractivity contribution < 1.29 is 0 Å². The normalized spacial score (nSPS) is 32.2. The molecule has 4 heteroatoms. The van der Waals surface area contributed by atoms with Crippen LogP contribution in [0.25, 0.3) is 0 Å². The van der Waals surface area contributed by atoms with Crippen LogP contribution in [0.4, 0.5) is 0 Å². The first-order valence-electron chi connectivity index (χ1n) is 5.60. The molecule has 1 spiro atoms. The minimum Gasteiger partial charge on any atom is -0.355 e. The monoisotopic (exact) mass is 225 g/mol. The SMILES string of the molecule is ClC1=CN(C[C@@H]2CC3(CC3)CN2)CN=C1. The lowest BCUT2D eigenvalue weighted by molar-refractivity contribution is 0.337. The Morgan fingerprint density at radius 2 is 2.47 bits per heavy atom. The number of nitrogens with one attached hydrogen (secondary N) is 1. The van der Waals surface area contributed by atoms with Gasteiger partial charge < -0.3 is 10.2 Å². The van der Waals surface area contributed by atoms with Crippen molar-refractivity contribution in [1.82, 2.24) is 10.2 Å². The zero-order chi connectivity index (χ0) is 10.3. The summed E-state index contributed by atoms with van der Waals surface area (Å²) < 4.78 is 0. The fourth-order valence-corrected chi connectivity index (χ4v) is 2.80. The Bertz CT molecular complexity index is 320. The Labute approximate surface area is 95.2 Å².